The number of hydrogen-bond acceptors (Lipinski definition) is 4. The second-order valence-corrected chi connectivity index (χ2v) is 12.6. The second kappa shape index (κ2) is 6.68. The fourth-order valence-electron chi connectivity index (χ4n) is 2.40. The van der Waals surface area contributed by atoms with Crippen molar-refractivity contribution in [2.75, 3.05) is 0 Å². The molecule has 0 aromatic heterocycles. The molecule has 0 bridgehead atoms. The zero-order chi connectivity index (χ0) is 18.1. The highest BCUT2D eigenvalue weighted by Gasteiger charge is 2.49. The summed E-state index contributed by atoms with van der Waals surface area (Å²) < 4.78 is 11.7. The van der Waals surface area contributed by atoms with Crippen LogP contribution in [0.15, 0.2) is 30.3 Å². The third kappa shape index (κ3) is 3.87. The van der Waals surface area contributed by atoms with Gasteiger partial charge in [-0.05, 0) is 37.2 Å². The number of β-lactam (4-membered cyclic amide) rings is 1. The number of carbonyl (C=O) groups excluding carboxylic acids is 2. The molecule has 24 heavy (non-hydrogen) atoms. The molecule has 132 valence electrons. The lowest BCUT2D eigenvalue weighted by Crippen LogP contribution is -2.65. The maximum absolute atomic E-state index is 12.2. The minimum atomic E-state index is -2.00. The Hall–Kier alpha value is -1.66. The highest BCUT2D eigenvalue weighted by molar-refractivity contribution is 6.74. The van der Waals surface area contributed by atoms with Crippen molar-refractivity contribution in [1.82, 2.24) is 5.32 Å². The summed E-state index contributed by atoms with van der Waals surface area (Å²) in [5.41, 5.74) is 0.468. The number of hydrogen-bond donors (Lipinski definition) is 1. The molecule has 5 nitrogen and oxygen atoms in total. The van der Waals surface area contributed by atoms with Crippen LogP contribution in [-0.4, -0.2) is 32.5 Å². The summed E-state index contributed by atoms with van der Waals surface area (Å²) in [6, 6.07) is 8.76. The first-order valence-corrected chi connectivity index (χ1v) is 11.2. The van der Waals surface area contributed by atoms with Crippen molar-refractivity contribution in [3.63, 3.8) is 0 Å². The molecular weight excluding hydrogens is 322 g/mol. The fraction of sp³-hybridized carbons (Fsp3) is 0.556. The Morgan fingerprint density at radius 3 is 2.29 bits per heavy atom. The number of nitrogens with one attached hydrogen (secondary N) is 1. The van der Waals surface area contributed by atoms with E-state index in [0.717, 1.165) is 0 Å². The third-order valence-electron chi connectivity index (χ3n) is 4.95. The van der Waals surface area contributed by atoms with Crippen LogP contribution in [-0.2, 0) is 14.0 Å². The highest BCUT2D eigenvalue weighted by atomic mass is 28.4. The summed E-state index contributed by atoms with van der Waals surface area (Å²) in [5, 5.41) is 2.71. The van der Waals surface area contributed by atoms with Gasteiger partial charge in [-0.25, -0.2) is 4.79 Å². The maximum atomic E-state index is 12.2. The molecule has 1 fully saturated rings. The molecule has 1 aromatic rings. The van der Waals surface area contributed by atoms with E-state index in [0.29, 0.717) is 5.56 Å². The topological polar surface area (TPSA) is 64.6 Å². The Morgan fingerprint density at radius 1 is 1.21 bits per heavy atom. The molecular formula is C18H27NO4Si. The fourth-order valence-corrected chi connectivity index (χ4v) is 3.83. The van der Waals surface area contributed by atoms with Crippen LogP contribution in [0.25, 0.3) is 0 Å². The van der Waals surface area contributed by atoms with E-state index in [9.17, 15) is 9.59 Å². The van der Waals surface area contributed by atoms with Crippen molar-refractivity contribution in [1.29, 1.82) is 0 Å². The molecule has 0 spiro atoms. The molecule has 2 rings (SSSR count). The van der Waals surface area contributed by atoms with Gasteiger partial charge in [0.25, 0.3) is 0 Å². The molecule has 0 unspecified atom stereocenters. The molecule has 6 heteroatoms. The summed E-state index contributed by atoms with van der Waals surface area (Å²) in [4.78, 5) is 24.1. The summed E-state index contributed by atoms with van der Waals surface area (Å²) in [6.07, 6.45) is -0.932. The van der Waals surface area contributed by atoms with Gasteiger partial charge in [-0.15, -0.1) is 0 Å². The molecule has 1 heterocycles. The van der Waals surface area contributed by atoms with Crippen LogP contribution in [0, 0.1) is 5.92 Å². The number of ether oxygens (including phenoxy) is 1. The van der Waals surface area contributed by atoms with E-state index in [-0.39, 0.29) is 17.0 Å². The van der Waals surface area contributed by atoms with E-state index in [1.54, 1.807) is 24.3 Å². The first-order chi connectivity index (χ1) is 11.0. The average Bonchev–Trinajstić information content (AvgIpc) is 2.45. The molecule has 1 amide bonds. The predicted octanol–water partition coefficient (Wildman–Crippen LogP) is 3.33. The van der Waals surface area contributed by atoms with Crippen molar-refractivity contribution in [3.05, 3.63) is 35.9 Å². The lowest BCUT2D eigenvalue weighted by Gasteiger charge is -2.44. The molecule has 0 aliphatic carbocycles. The Balaban J connectivity index is 2.02. The quantitative estimate of drug-likeness (QED) is 0.503. The van der Waals surface area contributed by atoms with E-state index in [1.165, 1.54) is 0 Å². The lowest BCUT2D eigenvalue weighted by atomic mass is 9.93. The first kappa shape index (κ1) is 18.7. The molecule has 1 aliphatic rings. The largest absolute Gasteiger partial charge is 0.437 e. The molecule has 1 aromatic carbocycles. The summed E-state index contributed by atoms with van der Waals surface area (Å²) in [7, 11) is -2.00. The summed E-state index contributed by atoms with van der Waals surface area (Å²) in [6.45, 7) is 12.6. The molecule has 1 aliphatic heterocycles. The highest BCUT2D eigenvalue weighted by Crippen LogP contribution is 2.39. The smallest absolute Gasteiger partial charge is 0.340 e. The number of rotatable bonds is 5. The molecule has 0 radical (unpaired) electrons. The first-order valence-electron chi connectivity index (χ1n) is 8.27. The lowest BCUT2D eigenvalue weighted by molar-refractivity contribution is -0.154. The van der Waals surface area contributed by atoms with Crippen molar-refractivity contribution in [3.8, 4) is 0 Å². The molecule has 1 saturated heterocycles. The van der Waals surface area contributed by atoms with Crippen LogP contribution in [0.4, 0.5) is 0 Å². The minimum absolute atomic E-state index is 0.0533. The monoisotopic (exact) mass is 349 g/mol. The Bertz CT molecular complexity index is 609. The van der Waals surface area contributed by atoms with Gasteiger partial charge >= 0.3 is 5.97 Å². The molecule has 1 N–H and O–H groups in total. The second-order valence-electron chi connectivity index (χ2n) is 7.81. The van der Waals surface area contributed by atoms with Gasteiger partial charge in [0.2, 0.25) is 5.91 Å². The maximum Gasteiger partial charge on any atom is 0.340 e. The van der Waals surface area contributed by atoms with E-state index in [2.05, 4.69) is 39.2 Å². The van der Waals surface area contributed by atoms with Gasteiger partial charge in [0, 0.05) is 0 Å². The van der Waals surface area contributed by atoms with Crippen molar-refractivity contribution < 1.29 is 18.8 Å². The number of carbonyl (C=O) groups is 2. The van der Waals surface area contributed by atoms with Crippen LogP contribution in [0.3, 0.4) is 0 Å². The van der Waals surface area contributed by atoms with Crippen LogP contribution in [0.2, 0.25) is 18.1 Å². The Kier molecular flexibility index (Phi) is 5.20. The molecule has 0 saturated carbocycles. The normalized spacial score (nSPS) is 22.3. The van der Waals surface area contributed by atoms with Gasteiger partial charge in [0.05, 0.1) is 11.7 Å². The van der Waals surface area contributed by atoms with Crippen molar-refractivity contribution >= 4 is 20.2 Å². The summed E-state index contributed by atoms with van der Waals surface area (Å²) in [5.74, 6) is -1.04. The van der Waals surface area contributed by atoms with Gasteiger partial charge in [-0.1, -0.05) is 39.0 Å². The van der Waals surface area contributed by atoms with Crippen LogP contribution >= 0.6 is 0 Å². The number of esters is 1. The Labute approximate surface area is 144 Å². The van der Waals surface area contributed by atoms with Crippen LogP contribution < -0.4 is 5.32 Å². The van der Waals surface area contributed by atoms with Gasteiger partial charge in [0.1, 0.15) is 5.92 Å². The number of amides is 1. The van der Waals surface area contributed by atoms with Crippen molar-refractivity contribution in [2.24, 2.45) is 5.92 Å². The van der Waals surface area contributed by atoms with E-state index in [4.69, 9.17) is 9.16 Å². The van der Waals surface area contributed by atoms with Gasteiger partial charge in [-0.2, -0.15) is 0 Å². The zero-order valence-corrected chi connectivity index (χ0v) is 16.3. The third-order valence-corrected chi connectivity index (χ3v) is 9.52. The van der Waals surface area contributed by atoms with E-state index in [1.807, 2.05) is 13.0 Å². The average molecular weight is 350 g/mol. The van der Waals surface area contributed by atoms with Crippen LogP contribution in [0.1, 0.15) is 38.1 Å². The molecule has 3 atom stereocenters. The minimum Gasteiger partial charge on any atom is -0.437 e. The van der Waals surface area contributed by atoms with Gasteiger partial charge in [0.15, 0.2) is 14.5 Å². The number of benzene rings is 1. The summed E-state index contributed by atoms with van der Waals surface area (Å²) >= 11 is 0. The van der Waals surface area contributed by atoms with Crippen LogP contribution in [0.5, 0.6) is 0 Å². The van der Waals surface area contributed by atoms with Crippen molar-refractivity contribution in [2.45, 2.75) is 58.2 Å². The van der Waals surface area contributed by atoms with Gasteiger partial charge < -0.3 is 14.5 Å². The SMILES string of the molecule is C[C@@H](O[Si](C)(C)C(C)(C)C)[C@H]1C(=O)N[C@@H]1OC(=O)c1ccccc1. The Morgan fingerprint density at radius 2 is 1.79 bits per heavy atom. The predicted molar refractivity (Wildman–Crippen MR) is 95.0 cm³/mol. The standard InChI is InChI=1S/C18H27NO4Si/c1-12(23-24(5,6)18(2,3)4)14-15(20)19-16(14)22-17(21)13-10-8-7-9-11-13/h7-12,14,16H,1-6H3,(H,19,20)/t12-,14+,16-/m1/s1. The van der Waals surface area contributed by atoms with E-state index >= 15 is 0 Å². The van der Waals surface area contributed by atoms with E-state index < -0.39 is 26.4 Å². The van der Waals surface area contributed by atoms with Gasteiger partial charge in [-0.3, -0.25) is 4.79 Å². The zero-order valence-electron chi connectivity index (χ0n) is 15.3.